The number of hydrogen-bond donors (Lipinski definition) is 1. The lowest BCUT2D eigenvalue weighted by Gasteiger charge is -2.13. The summed E-state index contributed by atoms with van der Waals surface area (Å²) in [4.78, 5) is 0. The lowest BCUT2D eigenvalue weighted by molar-refractivity contribution is 0.674. The lowest BCUT2D eigenvalue weighted by atomic mass is 10.1. The van der Waals surface area contributed by atoms with E-state index in [0.717, 1.165) is 18.7 Å². The van der Waals surface area contributed by atoms with E-state index in [4.69, 9.17) is 5.26 Å². The van der Waals surface area contributed by atoms with Crippen LogP contribution in [0.1, 0.15) is 24.5 Å². The van der Waals surface area contributed by atoms with Crippen LogP contribution in [0.2, 0.25) is 0 Å². The molecular weight excluding hydrogens is 184 g/mol. The molecule has 0 aromatic heterocycles. The number of nitriles is 1. The van der Waals surface area contributed by atoms with Gasteiger partial charge in [0.2, 0.25) is 0 Å². The van der Waals surface area contributed by atoms with Crippen molar-refractivity contribution < 1.29 is 0 Å². The third kappa shape index (κ3) is 2.99. The minimum Gasteiger partial charge on any atom is -0.384 e. The van der Waals surface area contributed by atoms with Crippen molar-refractivity contribution in [3.63, 3.8) is 0 Å². The first kappa shape index (κ1) is 11.6. The monoisotopic (exact) mass is 202 g/mol. The second-order valence-electron chi connectivity index (χ2n) is 3.86. The maximum absolute atomic E-state index is 8.84. The smallest absolute Gasteiger partial charge is 0.0674 e. The number of aryl methyl sites for hydroxylation is 1. The average molecular weight is 202 g/mol. The number of hydrogen-bond acceptors (Lipinski definition) is 2. The molecule has 0 amide bonds. The second-order valence-corrected chi connectivity index (χ2v) is 3.86. The van der Waals surface area contributed by atoms with Gasteiger partial charge in [0.1, 0.15) is 0 Å². The molecule has 1 N–H and O–H groups in total. The third-order valence-corrected chi connectivity index (χ3v) is 2.82. The first-order valence-corrected chi connectivity index (χ1v) is 5.38. The van der Waals surface area contributed by atoms with Crippen LogP contribution in [0.3, 0.4) is 0 Å². The molecule has 0 radical (unpaired) electrons. The Labute approximate surface area is 91.9 Å². The van der Waals surface area contributed by atoms with Crippen LogP contribution in [-0.4, -0.2) is 6.54 Å². The van der Waals surface area contributed by atoms with Crippen LogP contribution >= 0.6 is 0 Å². The van der Waals surface area contributed by atoms with E-state index in [0.29, 0.717) is 0 Å². The van der Waals surface area contributed by atoms with Crippen molar-refractivity contribution in [3.8, 4) is 6.07 Å². The Balaban J connectivity index is 2.66. The highest BCUT2D eigenvalue weighted by molar-refractivity contribution is 5.53. The average Bonchev–Trinajstić information content (AvgIpc) is 2.25. The standard InChI is InChI=1S/C13H18N2/c1-4-12(8-14)9-15-13-7-5-6-10(2)11(13)3/h5-7,12,15H,4,9H2,1-3H3. The minimum atomic E-state index is 0.102. The van der Waals surface area contributed by atoms with E-state index in [2.05, 4.69) is 37.4 Å². The Bertz CT molecular complexity index is 363. The van der Waals surface area contributed by atoms with Gasteiger partial charge >= 0.3 is 0 Å². The Morgan fingerprint density at radius 3 is 2.73 bits per heavy atom. The molecule has 0 heterocycles. The molecule has 1 aromatic rings. The molecule has 15 heavy (non-hydrogen) atoms. The van der Waals surface area contributed by atoms with Gasteiger partial charge in [0, 0.05) is 12.2 Å². The predicted molar refractivity (Wildman–Crippen MR) is 63.8 cm³/mol. The van der Waals surface area contributed by atoms with Crippen molar-refractivity contribution in [2.75, 3.05) is 11.9 Å². The molecule has 1 rings (SSSR count). The van der Waals surface area contributed by atoms with E-state index in [1.807, 2.05) is 13.0 Å². The van der Waals surface area contributed by atoms with Gasteiger partial charge in [0.25, 0.3) is 0 Å². The SMILES string of the molecule is CCC(C#N)CNc1cccc(C)c1C. The number of benzene rings is 1. The third-order valence-electron chi connectivity index (χ3n) is 2.82. The van der Waals surface area contributed by atoms with Crippen molar-refractivity contribution in [1.29, 1.82) is 5.26 Å². The van der Waals surface area contributed by atoms with E-state index < -0.39 is 0 Å². The highest BCUT2D eigenvalue weighted by Gasteiger charge is 2.05. The maximum Gasteiger partial charge on any atom is 0.0674 e. The summed E-state index contributed by atoms with van der Waals surface area (Å²) >= 11 is 0. The van der Waals surface area contributed by atoms with Crippen LogP contribution in [0.5, 0.6) is 0 Å². The number of anilines is 1. The molecule has 0 spiro atoms. The summed E-state index contributed by atoms with van der Waals surface area (Å²) < 4.78 is 0. The zero-order valence-electron chi connectivity index (χ0n) is 9.67. The van der Waals surface area contributed by atoms with Gasteiger partial charge in [-0.15, -0.1) is 0 Å². The van der Waals surface area contributed by atoms with E-state index in [1.54, 1.807) is 0 Å². The van der Waals surface area contributed by atoms with E-state index in [-0.39, 0.29) is 5.92 Å². The zero-order chi connectivity index (χ0) is 11.3. The predicted octanol–water partition coefficient (Wildman–Crippen LogP) is 3.27. The maximum atomic E-state index is 8.84. The molecule has 0 aliphatic carbocycles. The Kier molecular flexibility index (Phi) is 4.17. The molecular formula is C13H18N2. The highest BCUT2D eigenvalue weighted by Crippen LogP contribution is 2.18. The Morgan fingerprint density at radius 1 is 1.40 bits per heavy atom. The largest absolute Gasteiger partial charge is 0.384 e. The second kappa shape index (κ2) is 5.41. The van der Waals surface area contributed by atoms with Crippen LogP contribution in [0.4, 0.5) is 5.69 Å². The molecule has 1 aromatic carbocycles. The van der Waals surface area contributed by atoms with Gasteiger partial charge in [-0.05, 0) is 37.5 Å². The van der Waals surface area contributed by atoms with Gasteiger partial charge in [-0.25, -0.2) is 0 Å². The summed E-state index contributed by atoms with van der Waals surface area (Å²) in [6.07, 6.45) is 0.897. The Hall–Kier alpha value is -1.49. The molecule has 0 saturated heterocycles. The number of rotatable bonds is 4. The van der Waals surface area contributed by atoms with Crippen molar-refractivity contribution in [2.45, 2.75) is 27.2 Å². The molecule has 0 aliphatic rings. The first-order valence-electron chi connectivity index (χ1n) is 5.38. The number of nitrogens with zero attached hydrogens (tertiary/aromatic N) is 1. The van der Waals surface area contributed by atoms with Gasteiger partial charge in [-0.1, -0.05) is 19.1 Å². The van der Waals surface area contributed by atoms with Crippen LogP contribution in [0, 0.1) is 31.1 Å². The van der Waals surface area contributed by atoms with Gasteiger partial charge in [0.05, 0.1) is 12.0 Å². The van der Waals surface area contributed by atoms with Gasteiger partial charge in [0.15, 0.2) is 0 Å². The quantitative estimate of drug-likeness (QED) is 0.813. The van der Waals surface area contributed by atoms with E-state index in [1.165, 1.54) is 11.1 Å². The highest BCUT2D eigenvalue weighted by atomic mass is 14.9. The molecule has 1 atom stereocenters. The number of nitrogens with one attached hydrogen (secondary N) is 1. The molecule has 2 heteroatoms. The van der Waals surface area contributed by atoms with E-state index in [9.17, 15) is 0 Å². The molecule has 0 bridgehead atoms. The summed E-state index contributed by atoms with van der Waals surface area (Å²) in [5, 5.41) is 12.2. The molecule has 0 aliphatic heterocycles. The summed E-state index contributed by atoms with van der Waals surface area (Å²) in [6.45, 7) is 6.98. The van der Waals surface area contributed by atoms with Gasteiger partial charge in [-0.2, -0.15) is 5.26 Å². The fourth-order valence-corrected chi connectivity index (χ4v) is 1.46. The fraction of sp³-hybridized carbons (Fsp3) is 0.462. The Morgan fingerprint density at radius 2 is 2.13 bits per heavy atom. The first-order chi connectivity index (χ1) is 7.19. The van der Waals surface area contributed by atoms with Crippen molar-refractivity contribution in [2.24, 2.45) is 5.92 Å². The normalized spacial score (nSPS) is 11.9. The van der Waals surface area contributed by atoms with E-state index >= 15 is 0 Å². The van der Waals surface area contributed by atoms with Crippen molar-refractivity contribution in [3.05, 3.63) is 29.3 Å². The van der Waals surface area contributed by atoms with Gasteiger partial charge < -0.3 is 5.32 Å². The summed E-state index contributed by atoms with van der Waals surface area (Å²) in [5.74, 6) is 0.102. The van der Waals surface area contributed by atoms with Crippen molar-refractivity contribution >= 4 is 5.69 Å². The summed E-state index contributed by atoms with van der Waals surface area (Å²) in [7, 11) is 0. The van der Waals surface area contributed by atoms with Gasteiger partial charge in [-0.3, -0.25) is 0 Å². The topological polar surface area (TPSA) is 35.8 Å². The van der Waals surface area contributed by atoms with Crippen LogP contribution < -0.4 is 5.32 Å². The molecule has 0 saturated carbocycles. The van der Waals surface area contributed by atoms with Crippen molar-refractivity contribution in [1.82, 2.24) is 0 Å². The fourth-order valence-electron chi connectivity index (χ4n) is 1.46. The van der Waals surface area contributed by atoms with Crippen LogP contribution in [-0.2, 0) is 0 Å². The molecule has 1 unspecified atom stereocenters. The lowest BCUT2D eigenvalue weighted by Crippen LogP contribution is -2.12. The zero-order valence-corrected chi connectivity index (χ0v) is 9.67. The molecule has 0 fully saturated rings. The molecule has 80 valence electrons. The molecule has 2 nitrogen and oxygen atoms in total. The minimum absolute atomic E-state index is 0.102. The summed E-state index contributed by atoms with van der Waals surface area (Å²) in [5.41, 5.74) is 3.69. The summed E-state index contributed by atoms with van der Waals surface area (Å²) in [6, 6.07) is 8.49. The van der Waals surface area contributed by atoms with Crippen LogP contribution in [0.25, 0.3) is 0 Å². The van der Waals surface area contributed by atoms with Crippen LogP contribution in [0.15, 0.2) is 18.2 Å².